The van der Waals surface area contributed by atoms with Gasteiger partial charge in [-0.1, -0.05) is 25.7 Å². The first-order valence-electron chi connectivity index (χ1n) is 6.53. The Labute approximate surface area is 117 Å². The van der Waals surface area contributed by atoms with E-state index in [9.17, 15) is 18.1 Å². The first-order valence-corrected chi connectivity index (χ1v) is 8.02. The lowest BCUT2D eigenvalue weighted by Gasteiger charge is -2.25. The third-order valence-corrected chi connectivity index (χ3v) is 4.99. The number of hydrogen-bond donors (Lipinski definition) is 1. The third-order valence-electron chi connectivity index (χ3n) is 3.49. The van der Waals surface area contributed by atoms with E-state index >= 15 is 0 Å². The fourth-order valence-corrected chi connectivity index (χ4v) is 3.77. The van der Waals surface area contributed by atoms with Crippen LogP contribution in [-0.4, -0.2) is 18.9 Å². The fourth-order valence-electron chi connectivity index (χ4n) is 2.42. The normalized spacial score (nSPS) is 19.0. The lowest BCUT2D eigenvalue weighted by atomic mass is 9.94. The van der Waals surface area contributed by atoms with Crippen LogP contribution in [-0.2, 0) is 10.0 Å². The average Bonchev–Trinajstić information content (AvgIpc) is 2.64. The summed E-state index contributed by atoms with van der Waals surface area (Å²) in [5, 5.41) is 9.36. The number of aromatic nitrogens is 1. The molecule has 0 aliphatic heterocycles. The largest absolute Gasteiger partial charge is 0.260 e. The molecule has 0 radical (unpaired) electrons. The highest BCUT2D eigenvalue weighted by Crippen LogP contribution is 2.28. The molecule has 0 aromatic carbocycles. The van der Waals surface area contributed by atoms with E-state index in [4.69, 9.17) is 0 Å². The highest BCUT2D eigenvalue weighted by Gasteiger charge is 2.36. The van der Waals surface area contributed by atoms with Crippen molar-refractivity contribution in [2.24, 2.45) is 0 Å². The number of nitrogens with zero attached hydrogens (tertiary/aromatic N) is 2. The molecule has 1 aliphatic carbocycles. The molecule has 0 spiro atoms. The molecular weight excluding hydrogens is 281 g/mol. The van der Waals surface area contributed by atoms with Crippen molar-refractivity contribution < 1.29 is 12.8 Å². The molecule has 2 rings (SSSR count). The van der Waals surface area contributed by atoms with Crippen LogP contribution in [0.2, 0.25) is 0 Å². The van der Waals surface area contributed by atoms with Crippen LogP contribution in [0.4, 0.5) is 4.39 Å². The van der Waals surface area contributed by atoms with Gasteiger partial charge in [0.15, 0.2) is 0 Å². The van der Waals surface area contributed by atoms with Gasteiger partial charge in [0.1, 0.15) is 16.3 Å². The van der Waals surface area contributed by atoms with Gasteiger partial charge >= 0.3 is 0 Å². The molecule has 1 saturated carbocycles. The van der Waals surface area contributed by atoms with Crippen LogP contribution in [0.3, 0.4) is 0 Å². The zero-order chi connectivity index (χ0) is 14.6. The quantitative estimate of drug-likeness (QED) is 0.866. The molecule has 1 N–H and O–H groups in total. The maximum absolute atomic E-state index is 13.1. The number of halogens is 1. The summed E-state index contributed by atoms with van der Waals surface area (Å²) in [5.41, 5.74) is -1.10. The molecule has 1 aromatic rings. The highest BCUT2D eigenvalue weighted by atomic mass is 32.2. The summed E-state index contributed by atoms with van der Waals surface area (Å²) >= 11 is 0. The Bertz CT molecular complexity index is 617. The minimum absolute atomic E-state index is 0.253. The standard InChI is InChI=1S/C13H16FN3O2S/c14-11-7-12(9-16-8-11)20(18,19)17-13(10-15)5-3-1-2-4-6-13/h7-9,17H,1-6H2. The summed E-state index contributed by atoms with van der Waals surface area (Å²) in [4.78, 5) is 3.28. The lowest BCUT2D eigenvalue weighted by Crippen LogP contribution is -2.46. The van der Waals surface area contributed by atoms with Crippen molar-refractivity contribution in [1.29, 1.82) is 5.26 Å². The van der Waals surface area contributed by atoms with Gasteiger partial charge < -0.3 is 0 Å². The Morgan fingerprint density at radius 2 is 1.90 bits per heavy atom. The SMILES string of the molecule is N#CC1(NS(=O)(=O)c2cncc(F)c2)CCCCCC1. The van der Waals surface area contributed by atoms with Gasteiger partial charge in [-0.2, -0.15) is 9.98 Å². The number of nitrogens with one attached hydrogen (secondary N) is 1. The molecule has 108 valence electrons. The maximum atomic E-state index is 13.1. The van der Waals surface area contributed by atoms with Crippen LogP contribution in [0.5, 0.6) is 0 Å². The average molecular weight is 297 g/mol. The molecule has 7 heteroatoms. The smallest absolute Gasteiger partial charge is 0.243 e. The van der Waals surface area contributed by atoms with Crippen molar-refractivity contribution in [3.8, 4) is 6.07 Å². The topological polar surface area (TPSA) is 82.9 Å². The minimum atomic E-state index is -3.94. The Kier molecular flexibility index (Phi) is 4.35. The van der Waals surface area contributed by atoms with E-state index in [0.717, 1.165) is 44.1 Å². The summed E-state index contributed by atoms with van der Waals surface area (Å²) in [6.45, 7) is 0. The predicted octanol–water partition coefficient (Wildman–Crippen LogP) is 2.12. The van der Waals surface area contributed by atoms with Crippen LogP contribution >= 0.6 is 0 Å². The van der Waals surface area contributed by atoms with Crippen LogP contribution in [0, 0.1) is 17.1 Å². The molecule has 5 nitrogen and oxygen atoms in total. The lowest BCUT2D eigenvalue weighted by molar-refractivity contribution is 0.421. The zero-order valence-corrected chi connectivity index (χ0v) is 11.8. The second-order valence-electron chi connectivity index (χ2n) is 5.05. The minimum Gasteiger partial charge on any atom is -0.260 e. The van der Waals surface area contributed by atoms with Gasteiger partial charge in [0.2, 0.25) is 10.0 Å². The van der Waals surface area contributed by atoms with Crippen molar-refractivity contribution in [2.45, 2.75) is 49.0 Å². The third kappa shape index (κ3) is 3.32. The van der Waals surface area contributed by atoms with E-state index in [1.54, 1.807) is 0 Å². The second kappa shape index (κ2) is 5.85. The van der Waals surface area contributed by atoms with E-state index in [2.05, 4.69) is 15.8 Å². The summed E-state index contributed by atoms with van der Waals surface area (Å²) in [6, 6.07) is 2.99. The molecule has 0 saturated heterocycles. The van der Waals surface area contributed by atoms with Gasteiger partial charge in [-0.05, 0) is 18.9 Å². The molecule has 0 amide bonds. The Balaban J connectivity index is 2.28. The molecule has 1 fully saturated rings. The molecule has 1 aliphatic rings. The fraction of sp³-hybridized carbons (Fsp3) is 0.538. The number of nitriles is 1. The molecular formula is C13H16FN3O2S. The van der Waals surface area contributed by atoms with Crippen molar-refractivity contribution in [2.75, 3.05) is 0 Å². The second-order valence-corrected chi connectivity index (χ2v) is 6.73. The number of pyridine rings is 1. The number of sulfonamides is 1. The van der Waals surface area contributed by atoms with Crippen molar-refractivity contribution in [1.82, 2.24) is 9.71 Å². The van der Waals surface area contributed by atoms with Crippen LogP contribution in [0.1, 0.15) is 38.5 Å². The maximum Gasteiger partial charge on any atom is 0.243 e. The Morgan fingerprint density at radius 3 is 2.45 bits per heavy atom. The summed E-state index contributed by atoms with van der Waals surface area (Å²) in [6.07, 6.45) is 6.56. The van der Waals surface area contributed by atoms with E-state index in [1.807, 2.05) is 0 Å². The molecule has 0 bridgehead atoms. The zero-order valence-electron chi connectivity index (χ0n) is 11.0. The Hall–Kier alpha value is -1.52. The number of hydrogen-bond acceptors (Lipinski definition) is 4. The number of rotatable bonds is 3. The molecule has 1 aromatic heterocycles. The van der Waals surface area contributed by atoms with E-state index in [1.165, 1.54) is 0 Å². The molecule has 0 atom stereocenters. The van der Waals surface area contributed by atoms with E-state index in [-0.39, 0.29) is 4.90 Å². The first kappa shape index (κ1) is 14.9. The Morgan fingerprint density at radius 1 is 1.25 bits per heavy atom. The first-order chi connectivity index (χ1) is 9.47. The summed E-state index contributed by atoms with van der Waals surface area (Å²) < 4.78 is 40.1. The van der Waals surface area contributed by atoms with Crippen LogP contribution < -0.4 is 4.72 Å². The highest BCUT2D eigenvalue weighted by molar-refractivity contribution is 7.89. The van der Waals surface area contributed by atoms with Gasteiger partial charge in [-0.15, -0.1) is 0 Å². The van der Waals surface area contributed by atoms with Gasteiger partial charge in [0.25, 0.3) is 0 Å². The molecule has 1 heterocycles. The van der Waals surface area contributed by atoms with E-state index < -0.39 is 21.4 Å². The van der Waals surface area contributed by atoms with Gasteiger partial charge in [0, 0.05) is 6.20 Å². The monoisotopic (exact) mass is 297 g/mol. The van der Waals surface area contributed by atoms with Gasteiger partial charge in [0.05, 0.1) is 12.3 Å². The summed E-state index contributed by atoms with van der Waals surface area (Å²) in [5.74, 6) is -0.722. The van der Waals surface area contributed by atoms with Crippen molar-refractivity contribution >= 4 is 10.0 Å². The summed E-state index contributed by atoms with van der Waals surface area (Å²) in [7, 11) is -3.94. The molecule has 20 heavy (non-hydrogen) atoms. The van der Waals surface area contributed by atoms with Crippen molar-refractivity contribution in [3.63, 3.8) is 0 Å². The van der Waals surface area contributed by atoms with Crippen LogP contribution in [0.25, 0.3) is 0 Å². The van der Waals surface area contributed by atoms with Gasteiger partial charge in [-0.3, -0.25) is 4.98 Å². The van der Waals surface area contributed by atoms with Crippen molar-refractivity contribution in [3.05, 3.63) is 24.3 Å². The van der Waals surface area contributed by atoms with Gasteiger partial charge in [-0.25, -0.2) is 12.8 Å². The van der Waals surface area contributed by atoms with E-state index in [0.29, 0.717) is 12.8 Å². The predicted molar refractivity (Wildman–Crippen MR) is 70.6 cm³/mol. The molecule has 0 unspecified atom stereocenters. The van der Waals surface area contributed by atoms with Crippen LogP contribution in [0.15, 0.2) is 23.4 Å².